The largest absolute Gasteiger partial charge is 0.362 e. The SMILES string of the molecule is [C-]#[N+]c1cnc2ccc(-c3c(-c4ccc(F)cc4)nn(COCC[Si](C)(C)C)c3C)cn12. The number of imidazole rings is 1. The van der Waals surface area contributed by atoms with E-state index in [0.717, 1.165) is 34.1 Å². The lowest BCUT2D eigenvalue weighted by atomic mass is 10.0. The fourth-order valence-corrected chi connectivity index (χ4v) is 4.31. The summed E-state index contributed by atoms with van der Waals surface area (Å²) in [5.74, 6) is 0.160. The molecule has 4 rings (SSSR count). The molecule has 8 heteroatoms. The van der Waals surface area contributed by atoms with E-state index < -0.39 is 8.07 Å². The van der Waals surface area contributed by atoms with Crippen molar-refractivity contribution >= 4 is 19.5 Å². The van der Waals surface area contributed by atoms with Gasteiger partial charge in [-0.3, -0.25) is 0 Å². The van der Waals surface area contributed by atoms with Crippen LogP contribution in [0.15, 0.2) is 48.8 Å². The predicted molar refractivity (Wildman–Crippen MR) is 127 cm³/mol. The summed E-state index contributed by atoms with van der Waals surface area (Å²) in [5, 5.41) is 4.83. The Labute approximate surface area is 188 Å². The average molecular weight is 448 g/mol. The third-order valence-corrected chi connectivity index (χ3v) is 7.13. The van der Waals surface area contributed by atoms with E-state index in [1.165, 1.54) is 12.1 Å². The van der Waals surface area contributed by atoms with E-state index in [-0.39, 0.29) is 5.82 Å². The van der Waals surface area contributed by atoms with Gasteiger partial charge in [-0.25, -0.2) is 18.5 Å². The molecule has 6 nitrogen and oxygen atoms in total. The normalized spacial score (nSPS) is 11.8. The van der Waals surface area contributed by atoms with Gasteiger partial charge in [0, 0.05) is 43.1 Å². The van der Waals surface area contributed by atoms with Crippen LogP contribution >= 0.6 is 0 Å². The Kier molecular flexibility index (Phi) is 5.95. The van der Waals surface area contributed by atoms with Gasteiger partial charge in [0.1, 0.15) is 18.2 Å². The van der Waals surface area contributed by atoms with Gasteiger partial charge in [-0.15, -0.1) is 0 Å². The van der Waals surface area contributed by atoms with E-state index in [9.17, 15) is 4.39 Å². The molecule has 0 amide bonds. The fourth-order valence-electron chi connectivity index (χ4n) is 3.55. The Morgan fingerprint density at radius 2 is 1.81 bits per heavy atom. The Hall–Kier alpha value is -3.28. The van der Waals surface area contributed by atoms with Gasteiger partial charge >= 0.3 is 0 Å². The summed E-state index contributed by atoms with van der Waals surface area (Å²) in [5.41, 5.74) is 5.06. The van der Waals surface area contributed by atoms with Crippen molar-refractivity contribution in [2.45, 2.75) is 39.3 Å². The first-order chi connectivity index (χ1) is 15.3. The molecule has 0 saturated carbocycles. The van der Waals surface area contributed by atoms with Crippen LogP contribution in [0.5, 0.6) is 0 Å². The quantitative estimate of drug-likeness (QED) is 0.193. The van der Waals surface area contributed by atoms with Crippen LogP contribution in [-0.2, 0) is 11.5 Å². The van der Waals surface area contributed by atoms with E-state index in [2.05, 4.69) is 29.5 Å². The lowest BCUT2D eigenvalue weighted by Gasteiger charge is -2.15. The highest BCUT2D eigenvalue weighted by atomic mass is 28.3. The molecule has 0 saturated heterocycles. The molecule has 32 heavy (non-hydrogen) atoms. The van der Waals surface area contributed by atoms with Crippen molar-refractivity contribution in [2.24, 2.45) is 0 Å². The number of halogens is 1. The maximum absolute atomic E-state index is 13.6. The molecule has 0 atom stereocenters. The molecule has 0 aliphatic heterocycles. The number of hydrogen-bond donors (Lipinski definition) is 0. The van der Waals surface area contributed by atoms with E-state index in [0.29, 0.717) is 24.8 Å². The number of rotatable bonds is 7. The van der Waals surface area contributed by atoms with E-state index in [1.54, 1.807) is 22.7 Å². The summed E-state index contributed by atoms with van der Waals surface area (Å²) < 4.78 is 23.1. The first kappa shape index (κ1) is 21.9. The van der Waals surface area contributed by atoms with Crippen LogP contribution in [0.3, 0.4) is 0 Å². The molecule has 3 heterocycles. The van der Waals surface area contributed by atoms with Gasteiger partial charge in [-0.05, 0) is 43.3 Å². The zero-order chi connectivity index (χ0) is 22.9. The van der Waals surface area contributed by atoms with Crippen molar-refractivity contribution in [3.63, 3.8) is 0 Å². The molecule has 0 spiro atoms. The summed E-state index contributed by atoms with van der Waals surface area (Å²) >= 11 is 0. The highest BCUT2D eigenvalue weighted by Crippen LogP contribution is 2.35. The van der Waals surface area contributed by atoms with Crippen LogP contribution < -0.4 is 0 Å². The van der Waals surface area contributed by atoms with Crippen molar-refractivity contribution in [1.82, 2.24) is 19.2 Å². The minimum atomic E-state index is -1.18. The Balaban J connectivity index is 1.77. The van der Waals surface area contributed by atoms with Gasteiger partial charge in [0.15, 0.2) is 0 Å². The lowest BCUT2D eigenvalue weighted by molar-refractivity contribution is 0.0773. The second-order valence-corrected chi connectivity index (χ2v) is 14.7. The molecular weight excluding hydrogens is 421 g/mol. The second-order valence-electron chi connectivity index (χ2n) is 9.04. The molecule has 0 bridgehead atoms. The molecule has 0 aliphatic rings. The van der Waals surface area contributed by atoms with Crippen molar-refractivity contribution < 1.29 is 9.13 Å². The van der Waals surface area contributed by atoms with Crippen molar-refractivity contribution in [3.05, 3.63) is 71.7 Å². The molecular formula is C24H26FN5OSi. The number of nitrogens with zero attached hydrogens (tertiary/aromatic N) is 5. The molecule has 0 N–H and O–H groups in total. The smallest absolute Gasteiger partial charge is 0.254 e. The number of ether oxygens (including phenoxy) is 1. The van der Waals surface area contributed by atoms with Crippen molar-refractivity contribution in [1.29, 1.82) is 0 Å². The van der Waals surface area contributed by atoms with Crippen molar-refractivity contribution in [3.8, 4) is 22.4 Å². The van der Waals surface area contributed by atoms with E-state index in [1.807, 2.05) is 29.9 Å². The Morgan fingerprint density at radius 1 is 1.09 bits per heavy atom. The minimum Gasteiger partial charge on any atom is -0.362 e. The highest BCUT2D eigenvalue weighted by Gasteiger charge is 2.20. The van der Waals surface area contributed by atoms with Crippen LogP contribution in [-0.4, -0.2) is 33.8 Å². The van der Waals surface area contributed by atoms with Gasteiger partial charge in [-0.1, -0.05) is 26.2 Å². The average Bonchev–Trinajstić information content (AvgIpc) is 3.31. The summed E-state index contributed by atoms with van der Waals surface area (Å²) in [6, 6.07) is 11.3. The van der Waals surface area contributed by atoms with Crippen LogP contribution in [0.2, 0.25) is 25.7 Å². The predicted octanol–water partition coefficient (Wildman–Crippen LogP) is 6.18. The van der Waals surface area contributed by atoms with E-state index >= 15 is 0 Å². The standard InChI is InChI=1S/C24H26FN5OSi/c1-17-23(19-8-11-21-27-14-22(26-2)29(21)15-19)24(18-6-9-20(25)10-7-18)28-30(17)16-31-12-13-32(3,4)5/h6-11,14-15H,12-13,16H2,1,3-5H3. The molecule has 4 aromatic rings. The summed E-state index contributed by atoms with van der Waals surface area (Å²) in [6.07, 6.45) is 3.47. The topological polar surface area (TPSA) is 48.7 Å². The minimum absolute atomic E-state index is 0.289. The molecule has 0 aliphatic carbocycles. The molecule has 3 aromatic heterocycles. The lowest BCUT2D eigenvalue weighted by Crippen LogP contribution is -2.22. The van der Waals surface area contributed by atoms with Gasteiger partial charge < -0.3 is 9.58 Å². The van der Waals surface area contributed by atoms with Crippen LogP contribution in [0.1, 0.15) is 5.69 Å². The fraction of sp³-hybridized carbons (Fsp3) is 0.292. The number of benzene rings is 1. The zero-order valence-electron chi connectivity index (χ0n) is 18.8. The zero-order valence-corrected chi connectivity index (χ0v) is 19.8. The second kappa shape index (κ2) is 8.69. The van der Waals surface area contributed by atoms with Gasteiger partial charge in [0.2, 0.25) is 5.65 Å². The summed E-state index contributed by atoms with van der Waals surface area (Å²) in [4.78, 5) is 7.83. The molecule has 0 fully saturated rings. The van der Waals surface area contributed by atoms with Gasteiger partial charge in [0.25, 0.3) is 5.82 Å². The van der Waals surface area contributed by atoms with Gasteiger partial charge in [0.05, 0.1) is 12.4 Å². The molecule has 164 valence electrons. The third-order valence-electron chi connectivity index (χ3n) is 5.42. The van der Waals surface area contributed by atoms with E-state index in [4.69, 9.17) is 16.4 Å². The Bertz CT molecular complexity index is 1300. The van der Waals surface area contributed by atoms with Crippen LogP contribution in [0, 0.1) is 19.3 Å². The van der Waals surface area contributed by atoms with Gasteiger partial charge in [-0.2, -0.15) is 5.10 Å². The number of pyridine rings is 1. The van der Waals surface area contributed by atoms with Crippen LogP contribution in [0.25, 0.3) is 32.9 Å². The Morgan fingerprint density at radius 3 is 2.50 bits per heavy atom. The molecule has 1 aromatic carbocycles. The number of fused-ring (bicyclic) bond motifs is 1. The summed E-state index contributed by atoms with van der Waals surface area (Å²) in [6.45, 7) is 17.4. The highest BCUT2D eigenvalue weighted by molar-refractivity contribution is 6.76. The molecule has 0 unspecified atom stereocenters. The monoisotopic (exact) mass is 447 g/mol. The maximum Gasteiger partial charge on any atom is 0.254 e. The first-order valence-electron chi connectivity index (χ1n) is 10.5. The summed E-state index contributed by atoms with van der Waals surface area (Å²) in [7, 11) is -1.18. The first-order valence-corrected chi connectivity index (χ1v) is 14.2. The number of hydrogen-bond acceptors (Lipinski definition) is 3. The third kappa shape index (κ3) is 4.49. The number of aromatic nitrogens is 4. The maximum atomic E-state index is 13.6. The van der Waals surface area contributed by atoms with Crippen molar-refractivity contribution in [2.75, 3.05) is 6.61 Å². The molecule has 0 radical (unpaired) electrons. The van der Waals surface area contributed by atoms with Crippen LogP contribution in [0.4, 0.5) is 10.2 Å².